The predicted molar refractivity (Wildman–Crippen MR) is 114 cm³/mol. The van der Waals surface area contributed by atoms with Crippen LogP contribution in [0.2, 0.25) is 5.02 Å². The van der Waals surface area contributed by atoms with Gasteiger partial charge in [0.1, 0.15) is 0 Å². The number of rotatable bonds is 6. The number of hydrogen-bond acceptors (Lipinski definition) is 5. The average Bonchev–Trinajstić information content (AvgIpc) is 2.71. The Morgan fingerprint density at radius 1 is 1.21 bits per heavy atom. The van der Waals surface area contributed by atoms with Crippen molar-refractivity contribution >= 4 is 28.9 Å². The lowest BCUT2D eigenvalue weighted by Gasteiger charge is -2.37. The molecule has 0 saturated carbocycles. The highest BCUT2D eigenvalue weighted by atomic mass is 35.5. The molecule has 0 aromatic heterocycles. The molecule has 1 aliphatic rings. The topological polar surface area (TPSA) is 78.7 Å². The zero-order chi connectivity index (χ0) is 21.0. The van der Waals surface area contributed by atoms with Gasteiger partial charge in [-0.25, -0.2) is 0 Å². The molecule has 1 amide bonds. The first-order valence-corrected chi connectivity index (χ1v) is 9.98. The van der Waals surface area contributed by atoms with Gasteiger partial charge < -0.3 is 5.32 Å². The number of carbonyl (C=O) groups excluding carboxylic acids is 1. The van der Waals surface area contributed by atoms with Crippen LogP contribution in [0.15, 0.2) is 42.5 Å². The van der Waals surface area contributed by atoms with Crippen LogP contribution in [-0.4, -0.2) is 52.9 Å². The molecule has 1 aliphatic heterocycles. The number of non-ortho nitro benzene ring substituents is 1. The number of piperazine rings is 1. The minimum absolute atomic E-state index is 0.109. The Morgan fingerprint density at radius 2 is 1.90 bits per heavy atom. The fourth-order valence-electron chi connectivity index (χ4n) is 3.46. The maximum atomic E-state index is 12.7. The highest BCUT2D eigenvalue weighted by Crippen LogP contribution is 2.27. The molecule has 1 atom stereocenters. The van der Waals surface area contributed by atoms with Crippen LogP contribution in [-0.2, 0) is 11.3 Å². The Kier molecular flexibility index (Phi) is 6.84. The lowest BCUT2D eigenvalue weighted by Crippen LogP contribution is -2.52. The van der Waals surface area contributed by atoms with E-state index in [2.05, 4.69) is 40.2 Å². The van der Waals surface area contributed by atoms with E-state index in [-0.39, 0.29) is 28.3 Å². The summed E-state index contributed by atoms with van der Waals surface area (Å²) in [6.45, 7) is 8.19. The molecule has 0 aliphatic carbocycles. The van der Waals surface area contributed by atoms with Crippen molar-refractivity contribution in [3.63, 3.8) is 0 Å². The van der Waals surface area contributed by atoms with Crippen LogP contribution < -0.4 is 5.32 Å². The van der Waals surface area contributed by atoms with Crippen molar-refractivity contribution < 1.29 is 9.72 Å². The monoisotopic (exact) mass is 416 g/mol. The van der Waals surface area contributed by atoms with E-state index in [1.54, 1.807) is 0 Å². The average molecular weight is 417 g/mol. The predicted octanol–water partition coefficient (Wildman–Crippen LogP) is 3.70. The molecule has 0 radical (unpaired) electrons. The van der Waals surface area contributed by atoms with Crippen LogP contribution in [0.4, 0.5) is 11.4 Å². The second-order valence-electron chi connectivity index (χ2n) is 7.33. The van der Waals surface area contributed by atoms with Gasteiger partial charge in [-0.05, 0) is 31.0 Å². The number of nitrogens with one attached hydrogen (secondary N) is 1. The smallest absolute Gasteiger partial charge is 0.271 e. The van der Waals surface area contributed by atoms with Crippen molar-refractivity contribution in [2.75, 3.05) is 31.5 Å². The van der Waals surface area contributed by atoms with Gasteiger partial charge in [0.25, 0.3) is 5.69 Å². The summed E-state index contributed by atoms with van der Waals surface area (Å²) in [6.07, 6.45) is 0. The molecule has 2 aromatic rings. The Morgan fingerprint density at radius 3 is 2.55 bits per heavy atom. The lowest BCUT2D eigenvalue weighted by molar-refractivity contribution is -0.384. The summed E-state index contributed by atoms with van der Waals surface area (Å²) in [5.41, 5.74) is 2.77. The molecular weight excluding hydrogens is 392 g/mol. The number of aryl methyl sites for hydroxylation is 1. The maximum Gasteiger partial charge on any atom is 0.271 e. The Balaban J connectivity index is 1.56. The van der Waals surface area contributed by atoms with Crippen LogP contribution >= 0.6 is 11.6 Å². The summed E-state index contributed by atoms with van der Waals surface area (Å²) in [4.78, 5) is 27.6. The van der Waals surface area contributed by atoms with Crippen molar-refractivity contribution in [1.82, 2.24) is 9.80 Å². The van der Waals surface area contributed by atoms with E-state index in [0.717, 1.165) is 32.7 Å². The van der Waals surface area contributed by atoms with E-state index in [1.807, 2.05) is 13.0 Å². The Bertz CT molecular complexity index is 897. The highest BCUT2D eigenvalue weighted by Gasteiger charge is 2.26. The van der Waals surface area contributed by atoms with Crippen LogP contribution in [0.5, 0.6) is 0 Å². The molecule has 0 bridgehead atoms. The van der Waals surface area contributed by atoms with Crippen LogP contribution in [0.25, 0.3) is 0 Å². The number of nitro benzene ring substituents is 1. The molecule has 1 heterocycles. The molecule has 154 valence electrons. The van der Waals surface area contributed by atoms with E-state index in [9.17, 15) is 14.9 Å². The summed E-state index contributed by atoms with van der Waals surface area (Å²) < 4.78 is 0. The first kappa shape index (κ1) is 21.2. The molecule has 2 aromatic carbocycles. The number of halogens is 1. The fraction of sp³-hybridized carbons (Fsp3) is 0.381. The van der Waals surface area contributed by atoms with Gasteiger partial charge in [-0.2, -0.15) is 0 Å². The SMILES string of the molecule is Cc1ccccc1CN1CCN(C(C)C(=O)Nc2cc([N+](=O)[O-])ccc2Cl)CC1. The van der Waals surface area contributed by atoms with Crippen LogP contribution in [0.3, 0.4) is 0 Å². The minimum atomic E-state index is -0.511. The molecular formula is C21H25ClN4O3. The fourth-order valence-corrected chi connectivity index (χ4v) is 3.63. The maximum absolute atomic E-state index is 12.7. The van der Waals surface area contributed by atoms with Crippen molar-refractivity contribution in [2.24, 2.45) is 0 Å². The second kappa shape index (κ2) is 9.35. The van der Waals surface area contributed by atoms with Gasteiger partial charge in [0.05, 0.1) is 21.7 Å². The van der Waals surface area contributed by atoms with Gasteiger partial charge in [-0.15, -0.1) is 0 Å². The van der Waals surface area contributed by atoms with E-state index >= 15 is 0 Å². The summed E-state index contributed by atoms with van der Waals surface area (Å²) >= 11 is 6.09. The van der Waals surface area contributed by atoms with Crippen LogP contribution in [0, 0.1) is 17.0 Å². The van der Waals surface area contributed by atoms with Gasteiger partial charge >= 0.3 is 0 Å². The number of hydrogen-bond donors (Lipinski definition) is 1. The van der Waals surface area contributed by atoms with E-state index in [0.29, 0.717) is 0 Å². The third-order valence-electron chi connectivity index (χ3n) is 5.41. The molecule has 1 N–H and O–H groups in total. The van der Waals surface area contributed by atoms with Gasteiger partial charge in [0, 0.05) is 44.9 Å². The number of nitro groups is 1. The minimum Gasteiger partial charge on any atom is -0.323 e. The third-order valence-corrected chi connectivity index (χ3v) is 5.74. The number of benzene rings is 2. The normalized spacial score (nSPS) is 16.4. The highest BCUT2D eigenvalue weighted by molar-refractivity contribution is 6.33. The third kappa shape index (κ3) is 5.32. The van der Waals surface area contributed by atoms with E-state index in [1.165, 1.54) is 29.3 Å². The molecule has 3 rings (SSSR count). The molecule has 1 unspecified atom stereocenters. The quantitative estimate of drug-likeness (QED) is 0.573. The standard InChI is InChI=1S/C21H25ClN4O3/c1-15-5-3-4-6-17(15)14-24-9-11-25(12-10-24)16(2)21(27)23-20-13-18(26(28)29)7-8-19(20)22/h3-8,13,16H,9-12,14H2,1-2H3,(H,23,27). The van der Waals surface area contributed by atoms with Crippen molar-refractivity contribution in [2.45, 2.75) is 26.4 Å². The molecule has 29 heavy (non-hydrogen) atoms. The first-order chi connectivity index (χ1) is 13.8. The zero-order valence-corrected chi connectivity index (χ0v) is 17.4. The first-order valence-electron chi connectivity index (χ1n) is 9.61. The number of carbonyl (C=O) groups is 1. The number of amides is 1. The Hall–Kier alpha value is -2.48. The molecule has 1 saturated heterocycles. The number of nitrogens with zero attached hydrogens (tertiary/aromatic N) is 3. The van der Waals surface area contributed by atoms with E-state index in [4.69, 9.17) is 11.6 Å². The molecule has 8 heteroatoms. The summed E-state index contributed by atoms with van der Waals surface area (Å²) in [6, 6.07) is 12.0. The van der Waals surface area contributed by atoms with Crippen molar-refractivity contribution in [1.29, 1.82) is 0 Å². The second-order valence-corrected chi connectivity index (χ2v) is 7.73. The van der Waals surface area contributed by atoms with Gasteiger partial charge in [-0.1, -0.05) is 35.9 Å². The van der Waals surface area contributed by atoms with Crippen molar-refractivity contribution in [3.05, 3.63) is 68.7 Å². The lowest BCUT2D eigenvalue weighted by atomic mass is 10.1. The molecule has 1 fully saturated rings. The Labute approximate surface area is 175 Å². The van der Waals surface area contributed by atoms with Gasteiger partial charge in [0.15, 0.2) is 0 Å². The zero-order valence-electron chi connectivity index (χ0n) is 16.6. The summed E-state index contributed by atoms with van der Waals surface area (Å²) in [5, 5.41) is 14.0. The molecule has 7 nitrogen and oxygen atoms in total. The van der Waals surface area contributed by atoms with E-state index < -0.39 is 4.92 Å². The van der Waals surface area contributed by atoms with Crippen molar-refractivity contribution in [3.8, 4) is 0 Å². The van der Waals surface area contributed by atoms with Gasteiger partial charge in [0.2, 0.25) is 5.91 Å². The summed E-state index contributed by atoms with van der Waals surface area (Å²) in [5.74, 6) is -0.222. The van der Waals surface area contributed by atoms with Crippen LogP contribution in [0.1, 0.15) is 18.1 Å². The number of anilines is 1. The largest absolute Gasteiger partial charge is 0.323 e. The summed E-state index contributed by atoms with van der Waals surface area (Å²) in [7, 11) is 0. The van der Waals surface area contributed by atoms with Gasteiger partial charge in [-0.3, -0.25) is 24.7 Å². The molecule has 0 spiro atoms.